The van der Waals surface area contributed by atoms with Gasteiger partial charge in [-0.15, -0.1) is 11.3 Å². The first kappa shape index (κ1) is 15.6. The third-order valence-electron chi connectivity index (χ3n) is 3.99. The van der Waals surface area contributed by atoms with E-state index in [9.17, 15) is 0 Å². The van der Waals surface area contributed by atoms with Gasteiger partial charge in [-0.1, -0.05) is 24.3 Å². The molecular weight excluding hydrogens is 296 g/mol. The lowest BCUT2D eigenvalue weighted by atomic mass is 10.1. The molecule has 0 aliphatic carbocycles. The van der Waals surface area contributed by atoms with E-state index in [0.717, 1.165) is 12.2 Å². The number of rotatable bonds is 5. The van der Waals surface area contributed by atoms with Crippen molar-refractivity contribution in [1.82, 2.24) is 10.3 Å². The van der Waals surface area contributed by atoms with Crippen LogP contribution in [0.3, 0.4) is 0 Å². The molecule has 1 aliphatic heterocycles. The molecule has 2 heterocycles. The number of thiazole rings is 1. The largest absolute Gasteiger partial charge is 0.376 e. The third kappa shape index (κ3) is 3.73. The minimum atomic E-state index is 0.146. The van der Waals surface area contributed by atoms with Gasteiger partial charge in [0.2, 0.25) is 0 Å². The van der Waals surface area contributed by atoms with E-state index < -0.39 is 0 Å². The van der Waals surface area contributed by atoms with Crippen LogP contribution in [0.2, 0.25) is 0 Å². The van der Waals surface area contributed by atoms with Gasteiger partial charge in [0.25, 0.3) is 0 Å². The van der Waals surface area contributed by atoms with Crippen LogP contribution >= 0.6 is 11.3 Å². The van der Waals surface area contributed by atoms with E-state index in [1.54, 1.807) is 11.3 Å². The molecule has 1 aromatic carbocycles. The normalized spacial score (nSPS) is 20.0. The van der Waals surface area contributed by atoms with E-state index in [4.69, 9.17) is 9.47 Å². The quantitative estimate of drug-likeness (QED) is 0.920. The zero-order chi connectivity index (χ0) is 15.4. The highest BCUT2D eigenvalue weighted by molar-refractivity contribution is 7.13. The van der Waals surface area contributed by atoms with Gasteiger partial charge in [0.15, 0.2) is 0 Å². The maximum absolute atomic E-state index is 5.72. The first-order valence-corrected chi connectivity index (χ1v) is 8.54. The van der Waals surface area contributed by atoms with Gasteiger partial charge in [0.1, 0.15) is 0 Å². The van der Waals surface area contributed by atoms with Crippen molar-refractivity contribution in [3.63, 3.8) is 0 Å². The molecule has 2 unspecified atom stereocenters. The van der Waals surface area contributed by atoms with E-state index in [-0.39, 0.29) is 12.1 Å². The molecule has 2 atom stereocenters. The molecule has 118 valence electrons. The summed E-state index contributed by atoms with van der Waals surface area (Å²) < 4.78 is 11.2. The topological polar surface area (TPSA) is 43.4 Å². The summed E-state index contributed by atoms with van der Waals surface area (Å²) in [6.07, 6.45) is 0.146. The molecular formula is C17H22N2O2S. The number of hydrogen-bond acceptors (Lipinski definition) is 5. The van der Waals surface area contributed by atoms with Gasteiger partial charge in [0.05, 0.1) is 42.0 Å². The smallest absolute Gasteiger partial charge is 0.0959 e. The summed E-state index contributed by atoms with van der Waals surface area (Å²) in [7, 11) is 0. The predicted molar refractivity (Wildman–Crippen MR) is 89.1 cm³/mol. The lowest BCUT2D eigenvalue weighted by Crippen LogP contribution is -2.44. The van der Waals surface area contributed by atoms with Crippen LogP contribution in [0.25, 0.3) is 10.4 Å². The van der Waals surface area contributed by atoms with E-state index in [0.29, 0.717) is 19.8 Å². The van der Waals surface area contributed by atoms with Gasteiger partial charge in [-0.2, -0.15) is 0 Å². The second-order valence-corrected chi connectivity index (χ2v) is 6.47. The van der Waals surface area contributed by atoms with Crippen LogP contribution in [-0.4, -0.2) is 37.0 Å². The lowest BCUT2D eigenvalue weighted by molar-refractivity contribution is -0.0992. The van der Waals surface area contributed by atoms with Crippen LogP contribution in [-0.2, 0) is 16.0 Å². The van der Waals surface area contributed by atoms with E-state index in [1.165, 1.54) is 16.0 Å². The van der Waals surface area contributed by atoms with Crippen molar-refractivity contribution in [2.24, 2.45) is 0 Å². The fourth-order valence-electron chi connectivity index (χ4n) is 2.56. The maximum atomic E-state index is 5.72. The minimum Gasteiger partial charge on any atom is -0.376 e. The summed E-state index contributed by atoms with van der Waals surface area (Å²) in [6, 6.07) is 8.97. The number of nitrogens with zero attached hydrogens (tertiary/aromatic N) is 1. The Bertz CT molecular complexity index is 591. The van der Waals surface area contributed by atoms with Gasteiger partial charge < -0.3 is 14.8 Å². The van der Waals surface area contributed by atoms with Crippen molar-refractivity contribution in [3.8, 4) is 10.4 Å². The molecule has 1 saturated heterocycles. The average molecular weight is 318 g/mol. The lowest BCUT2D eigenvalue weighted by Gasteiger charge is -2.28. The molecule has 0 radical (unpaired) electrons. The molecule has 0 spiro atoms. The fraction of sp³-hybridized carbons (Fsp3) is 0.471. The molecule has 5 heteroatoms. The van der Waals surface area contributed by atoms with Gasteiger partial charge >= 0.3 is 0 Å². The van der Waals surface area contributed by atoms with Gasteiger partial charge in [-0.3, -0.25) is 0 Å². The third-order valence-corrected chi connectivity index (χ3v) is 4.97. The Hall–Kier alpha value is -1.27. The summed E-state index contributed by atoms with van der Waals surface area (Å²) in [5.74, 6) is 0. The predicted octanol–water partition coefficient (Wildman–Crippen LogP) is 3.01. The van der Waals surface area contributed by atoms with Crippen LogP contribution in [0.4, 0.5) is 0 Å². The highest BCUT2D eigenvalue weighted by Gasteiger charge is 2.20. The van der Waals surface area contributed by atoms with E-state index >= 15 is 0 Å². The summed E-state index contributed by atoms with van der Waals surface area (Å²) in [5.41, 5.74) is 5.50. The first-order chi connectivity index (χ1) is 10.7. The summed E-state index contributed by atoms with van der Waals surface area (Å²) in [5, 5.41) is 3.52. The van der Waals surface area contributed by atoms with Crippen LogP contribution in [0.1, 0.15) is 18.2 Å². The van der Waals surface area contributed by atoms with E-state index in [1.807, 2.05) is 5.51 Å². The molecule has 3 rings (SSSR count). The maximum Gasteiger partial charge on any atom is 0.0959 e. The minimum absolute atomic E-state index is 0.146. The first-order valence-electron chi connectivity index (χ1n) is 7.66. The highest BCUT2D eigenvalue weighted by Crippen LogP contribution is 2.27. The zero-order valence-electron chi connectivity index (χ0n) is 13.0. The van der Waals surface area contributed by atoms with Crippen LogP contribution in [0.5, 0.6) is 0 Å². The Morgan fingerprint density at radius 1 is 1.32 bits per heavy atom. The summed E-state index contributed by atoms with van der Waals surface area (Å²) >= 11 is 1.69. The number of ether oxygens (including phenoxy) is 2. The Labute approximate surface area is 135 Å². The molecule has 0 amide bonds. The Kier molecular flexibility index (Phi) is 5.20. The molecule has 1 N–H and O–H groups in total. The number of aromatic nitrogens is 1. The molecule has 4 nitrogen and oxygen atoms in total. The van der Waals surface area contributed by atoms with Crippen molar-refractivity contribution in [1.29, 1.82) is 0 Å². The molecule has 1 aromatic heterocycles. The average Bonchev–Trinajstić information content (AvgIpc) is 3.00. The van der Waals surface area contributed by atoms with Crippen LogP contribution in [0, 0.1) is 6.92 Å². The molecule has 0 bridgehead atoms. The zero-order valence-corrected chi connectivity index (χ0v) is 13.9. The number of aryl methyl sites for hydroxylation is 1. The standard InChI is InChI=1S/C17H22N2O2S/c1-12(16-10-20-7-8-21-16)18-9-14-3-5-15(6-4-14)17-13(2)19-11-22-17/h3-6,11-12,16,18H,7-10H2,1-2H3. The molecule has 2 aromatic rings. The Morgan fingerprint density at radius 3 is 2.77 bits per heavy atom. The molecule has 1 aliphatic rings. The van der Waals surface area contributed by atoms with Crippen molar-refractivity contribution < 1.29 is 9.47 Å². The van der Waals surface area contributed by atoms with Crippen molar-refractivity contribution in [2.75, 3.05) is 19.8 Å². The van der Waals surface area contributed by atoms with Gasteiger partial charge in [-0.05, 0) is 25.0 Å². The molecule has 0 saturated carbocycles. The summed E-state index contributed by atoms with van der Waals surface area (Å²) in [4.78, 5) is 5.56. The second-order valence-electron chi connectivity index (χ2n) is 5.62. The molecule has 1 fully saturated rings. The fourth-order valence-corrected chi connectivity index (χ4v) is 3.37. The van der Waals surface area contributed by atoms with Gasteiger partial charge in [-0.25, -0.2) is 4.98 Å². The van der Waals surface area contributed by atoms with Crippen LogP contribution < -0.4 is 5.32 Å². The number of benzene rings is 1. The van der Waals surface area contributed by atoms with Gasteiger partial charge in [0, 0.05) is 12.6 Å². The molecule has 22 heavy (non-hydrogen) atoms. The monoisotopic (exact) mass is 318 g/mol. The Balaban J connectivity index is 1.56. The van der Waals surface area contributed by atoms with E-state index in [2.05, 4.69) is 48.4 Å². The number of nitrogens with one attached hydrogen (secondary N) is 1. The van der Waals surface area contributed by atoms with Crippen molar-refractivity contribution >= 4 is 11.3 Å². The Morgan fingerprint density at radius 2 is 2.14 bits per heavy atom. The second kappa shape index (κ2) is 7.33. The SMILES string of the molecule is Cc1ncsc1-c1ccc(CNC(C)C2COCCO2)cc1. The van der Waals surface area contributed by atoms with Crippen molar-refractivity contribution in [2.45, 2.75) is 32.5 Å². The van der Waals surface area contributed by atoms with Crippen molar-refractivity contribution in [3.05, 3.63) is 41.0 Å². The van der Waals surface area contributed by atoms with Crippen LogP contribution in [0.15, 0.2) is 29.8 Å². The summed E-state index contributed by atoms with van der Waals surface area (Å²) in [6.45, 7) is 7.12. The highest BCUT2D eigenvalue weighted by atomic mass is 32.1. The number of hydrogen-bond donors (Lipinski definition) is 1.